The Balaban J connectivity index is 0.00000106. The molecule has 0 radical (unpaired) electrons. The maximum atomic E-state index is 2.41. The highest BCUT2D eigenvalue weighted by Crippen LogP contribution is 2.45. The van der Waals surface area contributed by atoms with Gasteiger partial charge in [0.15, 0.2) is 0 Å². The Labute approximate surface area is 132 Å². The molecule has 0 N–H and O–H groups in total. The van der Waals surface area contributed by atoms with E-state index in [2.05, 4.69) is 65.0 Å². The van der Waals surface area contributed by atoms with Gasteiger partial charge in [-0.3, -0.25) is 0 Å². The van der Waals surface area contributed by atoms with E-state index in [1.54, 1.807) is 11.1 Å². The molecule has 1 aromatic carbocycles. The van der Waals surface area contributed by atoms with E-state index in [0.717, 1.165) is 0 Å². The molecule has 0 atom stereocenters. The molecule has 2 rings (SSSR count). The van der Waals surface area contributed by atoms with Crippen molar-refractivity contribution in [2.75, 3.05) is 0 Å². The lowest BCUT2D eigenvalue weighted by Gasteiger charge is -2.35. The van der Waals surface area contributed by atoms with Gasteiger partial charge in [0.2, 0.25) is 0 Å². The van der Waals surface area contributed by atoms with E-state index in [4.69, 9.17) is 0 Å². The first kappa shape index (κ1) is 18.0. The topological polar surface area (TPSA) is 0 Å². The average Bonchev–Trinajstić information content (AvgIpc) is 2.42. The van der Waals surface area contributed by atoms with Crippen LogP contribution in [0, 0.1) is 10.8 Å². The van der Waals surface area contributed by atoms with Crippen molar-refractivity contribution in [2.24, 2.45) is 10.8 Å². The van der Waals surface area contributed by atoms with Crippen LogP contribution in [0.5, 0.6) is 0 Å². The normalized spacial score (nSPS) is 18.0. The molecule has 0 saturated heterocycles. The maximum Gasteiger partial charge on any atom is -0.0222 e. The molecule has 0 spiro atoms. The molecule has 0 bridgehead atoms. The first-order valence-corrected chi connectivity index (χ1v) is 8.53. The summed E-state index contributed by atoms with van der Waals surface area (Å²) in [5, 5.41) is 0. The molecule has 0 unspecified atom stereocenters. The molecule has 0 amide bonds. The van der Waals surface area contributed by atoms with Gasteiger partial charge < -0.3 is 0 Å². The number of rotatable bonds is 2. The van der Waals surface area contributed by atoms with Crippen molar-refractivity contribution in [2.45, 2.75) is 74.1 Å². The van der Waals surface area contributed by atoms with Gasteiger partial charge >= 0.3 is 0 Å². The Kier molecular flexibility index (Phi) is 6.25. The second-order valence-corrected chi connectivity index (χ2v) is 8.03. The molecule has 0 fully saturated rings. The Hall–Kier alpha value is -1.04. The minimum Gasteiger partial charge on any atom is -0.0683 e. The first-order chi connectivity index (χ1) is 9.77. The van der Waals surface area contributed by atoms with Crippen LogP contribution >= 0.6 is 0 Å². The zero-order valence-corrected chi connectivity index (χ0v) is 15.2. The fraction of sp³-hybridized carbons (Fsp3) is 0.619. The predicted octanol–water partition coefficient (Wildman–Crippen LogP) is 7.11. The zero-order chi connectivity index (χ0) is 16.1. The Morgan fingerprint density at radius 3 is 2.10 bits per heavy atom. The lowest BCUT2D eigenvalue weighted by atomic mass is 9.70. The molecule has 118 valence electrons. The van der Waals surface area contributed by atoms with Crippen molar-refractivity contribution in [3.63, 3.8) is 0 Å². The van der Waals surface area contributed by atoms with E-state index in [-0.39, 0.29) is 0 Å². The van der Waals surface area contributed by atoms with Gasteiger partial charge in [-0.05, 0) is 47.6 Å². The van der Waals surface area contributed by atoms with Crippen LogP contribution in [-0.4, -0.2) is 0 Å². The highest BCUT2D eigenvalue weighted by Gasteiger charge is 2.29. The van der Waals surface area contributed by atoms with Crippen LogP contribution < -0.4 is 0 Å². The lowest BCUT2D eigenvalue weighted by Crippen LogP contribution is -2.20. The van der Waals surface area contributed by atoms with Gasteiger partial charge in [-0.25, -0.2) is 0 Å². The summed E-state index contributed by atoms with van der Waals surface area (Å²) in [5.41, 5.74) is 5.59. The summed E-state index contributed by atoms with van der Waals surface area (Å²) in [6.07, 6.45) is 5.05. The third-order valence-corrected chi connectivity index (χ3v) is 4.05. The fourth-order valence-corrected chi connectivity index (χ4v) is 3.11. The molecule has 0 aliphatic heterocycles. The molecule has 1 aliphatic rings. The second-order valence-electron chi connectivity index (χ2n) is 8.03. The van der Waals surface area contributed by atoms with E-state index in [9.17, 15) is 0 Å². The highest BCUT2D eigenvalue weighted by molar-refractivity contribution is 5.70. The van der Waals surface area contributed by atoms with E-state index in [1.165, 1.54) is 31.2 Å². The smallest absolute Gasteiger partial charge is 0.0222 e. The SMILES string of the molecule is CC.CC(C)(C)CC1=C(c2ccccc2)CC(C)(C)CC1. The lowest BCUT2D eigenvalue weighted by molar-refractivity contribution is 0.316. The maximum absolute atomic E-state index is 2.41. The quantitative estimate of drug-likeness (QED) is 0.543. The van der Waals surface area contributed by atoms with Crippen molar-refractivity contribution in [3.05, 3.63) is 41.5 Å². The first-order valence-electron chi connectivity index (χ1n) is 8.53. The number of hydrogen-bond acceptors (Lipinski definition) is 0. The number of benzene rings is 1. The fourth-order valence-electron chi connectivity index (χ4n) is 3.11. The molecular formula is C21H34. The largest absolute Gasteiger partial charge is 0.0683 e. The Morgan fingerprint density at radius 2 is 1.57 bits per heavy atom. The van der Waals surface area contributed by atoms with Crippen molar-refractivity contribution in [3.8, 4) is 0 Å². The van der Waals surface area contributed by atoms with Crippen molar-refractivity contribution >= 4 is 5.57 Å². The molecule has 0 aromatic heterocycles. The summed E-state index contributed by atoms with van der Waals surface area (Å²) < 4.78 is 0. The van der Waals surface area contributed by atoms with Crippen LogP contribution in [0.2, 0.25) is 0 Å². The van der Waals surface area contributed by atoms with Crippen LogP contribution in [0.15, 0.2) is 35.9 Å². The minimum atomic E-state index is 0.386. The van der Waals surface area contributed by atoms with Gasteiger partial charge in [-0.2, -0.15) is 0 Å². The van der Waals surface area contributed by atoms with Crippen LogP contribution in [0.1, 0.15) is 79.7 Å². The van der Waals surface area contributed by atoms with Crippen LogP contribution in [-0.2, 0) is 0 Å². The Morgan fingerprint density at radius 1 is 1.00 bits per heavy atom. The second kappa shape index (κ2) is 7.29. The predicted molar refractivity (Wildman–Crippen MR) is 96.4 cm³/mol. The van der Waals surface area contributed by atoms with Crippen LogP contribution in [0.3, 0.4) is 0 Å². The molecule has 0 heteroatoms. The van der Waals surface area contributed by atoms with Gasteiger partial charge in [0.1, 0.15) is 0 Å². The van der Waals surface area contributed by atoms with Crippen molar-refractivity contribution in [1.82, 2.24) is 0 Å². The van der Waals surface area contributed by atoms with Gasteiger partial charge in [0.05, 0.1) is 0 Å². The molecule has 1 aliphatic carbocycles. The van der Waals surface area contributed by atoms with E-state index in [0.29, 0.717) is 10.8 Å². The van der Waals surface area contributed by atoms with Crippen LogP contribution in [0.4, 0.5) is 0 Å². The third kappa shape index (κ3) is 5.69. The standard InChI is InChI=1S/C19H28.C2H6/c1-18(2,3)13-16-11-12-19(4,5)14-17(16)15-9-7-6-8-10-15;1-2/h6-10H,11-14H2,1-5H3;1-2H3. The van der Waals surface area contributed by atoms with Gasteiger partial charge in [-0.15, -0.1) is 0 Å². The molecular weight excluding hydrogens is 252 g/mol. The summed E-state index contributed by atoms with van der Waals surface area (Å²) in [5.74, 6) is 0. The molecule has 1 aromatic rings. The highest BCUT2D eigenvalue weighted by atomic mass is 14.3. The minimum absolute atomic E-state index is 0.386. The summed E-state index contributed by atoms with van der Waals surface area (Å²) >= 11 is 0. The molecule has 0 saturated carbocycles. The average molecular weight is 287 g/mol. The molecule has 0 nitrogen and oxygen atoms in total. The van der Waals surface area contributed by atoms with Gasteiger partial charge in [0, 0.05) is 0 Å². The summed E-state index contributed by atoms with van der Waals surface area (Å²) in [4.78, 5) is 0. The van der Waals surface area contributed by atoms with Crippen molar-refractivity contribution in [1.29, 1.82) is 0 Å². The van der Waals surface area contributed by atoms with Gasteiger partial charge in [-0.1, -0.05) is 84.4 Å². The van der Waals surface area contributed by atoms with Crippen LogP contribution in [0.25, 0.3) is 5.57 Å². The zero-order valence-electron chi connectivity index (χ0n) is 15.2. The monoisotopic (exact) mass is 286 g/mol. The van der Waals surface area contributed by atoms with Crippen molar-refractivity contribution < 1.29 is 0 Å². The summed E-state index contributed by atoms with van der Waals surface area (Å²) in [7, 11) is 0. The van der Waals surface area contributed by atoms with E-state index in [1.807, 2.05) is 13.8 Å². The molecule has 21 heavy (non-hydrogen) atoms. The summed E-state index contributed by atoms with van der Waals surface area (Å²) in [6.45, 7) is 15.9. The third-order valence-electron chi connectivity index (χ3n) is 4.05. The molecule has 0 heterocycles. The number of hydrogen-bond donors (Lipinski definition) is 0. The van der Waals surface area contributed by atoms with E-state index >= 15 is 0 Å². The summed E-state index contributed by atoms with van der Waals surface area (Å²) in [6, 6.07) is 11.0. The van der Waals surface area contributed by atoms with E-state index < -0.39 is 0 Å². The number of allylic oxidation sites excluding steroid dienone is 2. The van der Waals surface area contributed by atoms with Gasteiger partial charge in [0.25, 0.3) is 0 Å². The Bertz CT molecular complexity index is 455.